The summed E-state index contributed by atoms with van der Waals surface area (Å²) in [6, 6.07) is 0. The summed E-state index contributed by atoms with van der Waals surface area (Å²) in [6.07, 6.45) is 3.97. The molecule has 4 N–H and O–H groups in total. The Bertz CT molecular complexity index is 160. The average Bonchev–Trinajstić information content (AvgIpc) is 2.05. The van der Waals surface area contributed by atoms with E-state index in [0.717, 1.165) is 25.7 Å². The second-order valence-electron chi connectivity index (χ2n) is 3.60. The van der Waals surface area contributed by atoms with Crippen LogP contribution >= 0.6 is 23.2 Å². The van der Waals surface area contributed by atoms with Gasteiger partial charge in [-0.1, -0.05) is 12.8 Å². The smallest absolute Gasteiger partial charge is 0.126 e. The molecule has 5 heteroatoms. The summed E-state index contributed by atoms with van der Waals surface area (Å²) in [5, 5.41) is 0. The molecule has 1 aliphatic rings. The Hall–Kier alpha value is 1.19. The van der Waals surface area contributed by atoms with Crippen LogP contribution < -0.4 is 11.5 Å². The maximum absolute atomic E-state index is 6.20. The standard InChI is InChI=1S/C8H16Cl2N2.Pt/c9-8(10)4-2-1-3-7(8,5-11)6-12;/h1-6,11-12H2;. The zero-order chi connectivity index (χ0) is 9.24. The van der Waals surface area contributed by atoms with Gasteiger partial charge in [0.2, 0.25) is 0 Å². The number of nitrogens with two attached hydrogens (primary N) is 2. The third-order valence-corrected chi connectivity index (χ3v) is 4.13. The van der Waals surface area contributed by atoms with Crippen molar-refractivity contribution in [2.75, 3.05) is 13.1 Å². The van der Waals surface area contributed by atoms with Crippen LogP contribution in [0.25, 0.3) is 0 Å². The molecular weight excluding hydrogens is 390 g/mol. The maximum Gasteiger partial charge on any atom is 0.126 e. The molecule has 1 saturated carbocycles. The molecule has 0 amide bonds. The fourth-order valence-corrected chi connectivity index (χ4v) is 2.61. The van der Waals surface area contributed by atoms with Crippen LogP contribution in [0.15, 0.2) is 0 Å². The van der Waals surface area contributed by atoms with Gasteiger partial charge in [-0.05, 0) is 12.8 Å². The summed E-state index contributed by atoms with van der Waals surface area (Å²) < 4.78 is -0.714. The van der Waals surface area contributed by atoms with Gasteiger partial charge in [-0.25, -0.2) is 0 Å². The molecule has 0 heterocycles. The van der Waals surface area contributed by atoms with Gasteiger partial charge in [0.05, 0.1) is 0 Å². The zero-order valence-electron chi connectivity index (χ0n) is 7.47. The first-order valence-electron chi connectivity index (χ1n) is 4.36. The third-order valence-electron chi connectivity index (χ3n) is 2.95. The average molecular weight is 406 g/mol. The molecule has 0 saturated heterocycles. The quantitative estimate of drug-likeness (QED) is 0.686. The fourth-order valence-electron chi connectivity index (χ4n) is 1.84. The third kappa shape index (κ3) is 2.60. The molecule has 1 aliphatic carbocycles. The van der Waals surface area contributed by atoms with Gasteiger partial charge in [0.15, 0.2) is 0 Å². The van der Waals surface area contributed by atoms with Gasteiger partial charge in [-0.2, -0.15) is 0 Å². The van der Waals surface area contributed by atoms with Crippen LogP contribution in [0, 0.1) is 5.41 Å². The van der Waals surface area contributed by atoms with Gasteiger partial charge >= 0.3 is 0 Å². The Morgan fingerprint density at radius 2 is 1.46 bits per heavy atom. The minimum absolute atomic E-state index is 0. The number of halogens is 2. The number of alkyl halides is 2. The van der Waals surface area contributed by atoms with Crippen LogP contribution in [0.2, 0.25) is 0 Å². The van der Waals surface area contributed by atoms with Crippen LogP contribution in [0.3, 0.4) is 0 Å². The largest absolute Gasteiger partial charge is 0.330 e. The van der Waals surface area contributed by atoms with Gasteiger partial charge in [0, 0.05) is 39.6 Å². The Kier molecular flexibility index (Phi) is 5.81. The van der Waals surface area contributed by atoms with Crippen molar-refractivity contribution in [2.45, 2.75) is 30.0 Å². The van der Waals surface area contributed by atoms with E-state index in [9.17, 15) is 0 Å². The van der Waals surface area contributed by atoms with E-state index in [1.807, 2.05) is 0 Å². The Morgan fingerprint density at radius 3 is 1.77 bits per heavy atom. The monoisotopic (exact) mass is 405 g/mol. The first-order valence-corrected chi connectivity index (χ1v) is 5.11. The number of rotatable bonds is 2. The van der Waals surface area contributed by atoms with E-state index in [1.165, 1.54) is 0 Å². The van der Waals surface area contributed by atoms with E-state index >= 15 is 0 Å². The molecule has 0 bridgehead atoms. The summed E-state index contributed by atoms with van der Waals surface area (Å²) in [6.45, 7) is 0.965. The molecule has 82 valence electrons. The van der Waals surface area contributed by atoms with Crippen molar-refractivity contribution in [3.63, 3.8) is 0 Å². The topological polar surface area (TPSA) is 52.0 Å². The van der Waals surface area contributed by atoms with Gasteiger partial charge < -0.3 is 11.5 Å². The first kappa shape index (κ1) is 14.2. The molecule has 0 atom stereocenters. The SMILES string of the molecule is NCC1(CN)CCCCC1(Cl)Cl.[Pt]. The van der Waals surface area contributed by atoms with Crippen LogP contribution in [0.5, 0.6) is 0 Å². The number of hydrogen-bond donors (Lipinski definition) is 2. The number of hydrogen-bond acceptors (Lipinski definition) is 2. The van der Waals surface area contributed by atoms with E-state index < -0.39 is 4.33 Å². The van der Waals surface area contributed by atoms with Crippen molar-refractivity contribution >= 4 is 23.2 Å². The van der Waals surface area contributed by atoms with Gasteiger partial charge in [-0.3, -0.25) is 0 Å². The predicted molar refractivity (Wildman–Crippen MR) is 53.4 cm³/mol. The summed E-state index contributed by atoms with van der Waals surface area (Å²) in [5.41, 5.74) is 11.1. The van der Waals surface area contributed by atoms with Crippen molar-refractivity contribution in [3.8, 4) is 0 Å². The van der Waals surface area contributed by atoms with Gasteiger partial charge in [0.25, 0.3) is 0 Å². The van der Waals surface area contributed by atoms with E-state index in [4.69, 9.17) is 34.7 Å². The molecule has 0 aromatic rings. The van der Waals surface area contributed by atoms with E-state index in [2.05, 4.69) is 0 Å². The van der Waals surface area contributed by atoms with Crippen LogP contribution in [0.4, 0.5) is 0 Å². The molecule has 13 heavy (non-hydrogen) atoms. The van der Waals surface area contributed by atoms with Crippen LogP contribution in [0.1, 0.15) is 25.7 Å². The normalized spacial score (nSPS) is 24.9. The van der Waals surface area contributed by atoms with Crippen molar-refractivity contribution in [1.82, 2.24) is 0 Å². The molecule has 2 nitrogen and oxygen atoms in total. The minimum atomic E-state index is -0.714. The molecule has 0 radical (unpaired) electrons. The maximum atomic E-state index is 6.20. The molecular formula is C8H16Cl2N2Pt. The molecule has 0 aliphatic heterocycles. The van der Waals surface area contributed by atoms with E-state index in [0.29, 0.717) is 13.1 Å². The summed E-state index contributed by atoms with van der Waals surface area (Å²) in [5.74, 6) is 0. The van der Waals surface area contributed by atoms with Crippen molar-refractivity contribution in [3.05, 3.63) is 0 Å². The second-order valence-corrected chi connectivity index (χ2v) is 5.08. The van der Waals surface area contributed by atoms with Gasteiger partial charge in [-0.15, -0.1) is 23.2 Å². The predicted octanol–water partition coefficient (Wildman–Crippen LogP) is 1.64. The summed E-state index contributed by atoms with van der Waals surface area (Å²) in [7, 11) is 0. The Morgan fingerprint density at radius 1 is 1.00 bits per heavy atom. The van der Waals surface area contributed by atoms with Crippen molar-refractivity contribution in [1.29, 1.82) is 0 Å². The molecule has 1 rings (SSSR count). The Balaban J connectivity index is 0.00000144. The van der Waals surface area contributed by atoms with Crippen LogP contribution in [-0.4, -0.2) is 17.4 Å². The Labute approximate surface area is 104 Å². The van der Waals surface area contributed by atoms with Crippen molar-refractivity contribution < 1.29 is 21.1 Å². The summed E-state index contributed by atoms with van der Waals surface area (Å²) in [4.78, 5) is 0. The molecule has 0 spiro atoms. The van der Waals surface area contributed by atoms with E-state index in [1.54, 1.807) is 0 Å². The second kappa shape index (κ2) is 5.32. The van der Waals surface area contributed by atoms with Crippen LogP contribution in [-0.2, 0) is 21.1 Å². The zero-order valence-corrected chi connectivity index (χ0v) is 11.3. The van der Waals surface area contributed by atoms with Crippen molar-refractivity contribution in [2.24, 2.45) is 16.9 Å². The summed E-state index contributed by atoms with van der Waals surface area (Å²) >= 11 is 12.4. The minimum Gasteiger partial charge on any atom is -0.330 e. The first-order chi connectivity index (χ1) is 5.58. The van der Waals surface area contributed by atoms with E-state index in [-0.39, 0.29) is 26.5 Å². The fraction of sp³-hybridized carbons (Fsp3) is 1.00. The molecule has 0 aromatic carbocycles. The molecule has 1 fully saturated rings. The van der Waals surface area contributed by atoms with Gasteiger partial charge in [0.1, 0.15) is 4.33 Å². The molecule has 0 aromatic heterocycles. The molecule has 0 unspecified atom stereocenters.